The Labute approximate surface area is 112 Å². The van der Waals surface area contributed by atoms with E-state index in [0.717, 1.165) is 5.92 Å². The van der Waals surface area contributed by atoms with Gasteiger partial charge in [-0.3, -0.25) is 0 Å². The summed E-state index contributed by atoms with van der Waals surface area (Å²) < 4.78 is 0. The van der Waals surface area contributed by atoms with Gasteiger partial charge in [-0.25, -0.2) is 0 Å². The molecule has 1 rings (SSSR count). The molecule has 0 aromatic heterocycles. The Bertz CT molecular complexity index is 191. The van der Waals surface area contributed by atoms with E-state index in [4.69, 9.17) is 0 Å². The number of nitrogens with one attached hydrogen (secondary N) is 1. The minimum atomic E-state index is 0.647. The van der Waals surface area contributed by atoms with Crippen LogP contribution >= 0.6 is 11.8 Å². The Kier molecular flexibility index (Phi) is 7.56. The van der Waals surface area contributed by atoms with E-state index in [2.05, 4.69) is 37.2 Å². The Morgan fingerprint density at radius 1 is 1.29 bits per heavy atom. The van der Waals surface area contributed by atoms with E-state index < -0.39 is 0 Å². The number of thioether (sulfide) groups is 1. The van der Waals surface area contributed by atoms with E-state index in [1.165, 1.54) is 44.6 Å². The minimum Gasteiger partial charge on any atom is -0.311 e. The van der Waals surface area contributed by atoms with Gasteiger partial charge >= 0.3 is 0 Å². The van der Waals surface area contributed by atoms with Crippen molar-refractivity contribution in [2.24, 2.45) is 5.92 Å². The molecular weight excluding hydrogens is 228 g/mol. The Hall–Kier alpha value is 0.270. The van der Waals surface area contributed by atoms with Crippen LogP contribution in [-0.2, 0) is 0 Å². The van der Waals surface area contributed by atoms with Crippen molar-refractivity contribution < 1.29 is 0 Å². The van der Waals surface area contributed by atoms with Gasteiger partial charge in [0.05, 0.1) is 0 Å². The molecule has 0 saturated carbocycles. The van der Waals surface area contributed by atoms with Gasteiger partial charge in [-0.15, -0.1) is 0 Å². The Morgan fingerprint density at radius 2 is 1.94 bits per heavy atom. The lowest BCUT2D eigenvalue weighted by Gasteiger charge is -2.36. The van der Waals surface area contributed by atoms with Crippen LogP contribution in [0.1, 0.15) is 40.0 Å². The predicted molar refractivity (Wildman–Crippen MR) is 79.9 cm³/mol. The highest BCUT2D eigenvalue weighted by atomic mass is 32.2. The van der Waals surface area contributed by atoms with Crippen molar-refractivity contribution in [1.29, 1.82) is 0 Å². The summed E-state index contributed by atoms with van der Waals surface area (Å²) in [6, 6.07) is 1.33. The summed E-state index contributed by atoms with van der Waals surface area (Å²) in [5, 5.41) is 3.76. The first-order chi connectivity index (χ1) is 8.17. The average molecular weight is 258 g/mol. The van der Waals surface area contributed by atoms with E-state index in [-0.39, 0.29) is 0 Å². The Balaban J connectivity index is 2.23. The molecule has 1 heterocycles. The molecule has 1 N–H and O–H groups in total. The Morgan fingerprint density at radius 3 is 2.47 bits per heavy atom. The van der Waals surface area contributed by atoms with Crippen LogP contribution < -0.4 is 5.32 Å². The standard InChI is InChI=1S/C14H30N2S/c1-5-8-16-9-6-14(7-10-16)13(3)15-12(2)11-17-4/h12-15H,5-11H2,1-4H3. The van der Waals surface area contributed by atoms with Gasteiger partial charge < -0.3 is 10.2 Å². The molecule has 3 heteroatoms. The summed E-state index contributed by atoms with van der Waals surface area (Å²) in [5.41, 5.74) is 0. The number of likely N-dealkylation sites (tertiary alicyclic amines) is 1. The highest BCUT2D eigenvalue weighted by molar-refractivity contribution is 7.98. The van der Waals surface area contributed by atoms with Crippen LogP contribution in [0.2, 0.25) is 0 Å². The molecule has 1 aliphatic heterocycles. The van der Waals surface area contributed by atoms with Crippen molar-refractivity contribution in [1.82, 2.24) is 10.2 Å². The molecule has 17 heavy (non-hydrogen) atoms. The lowest BCUT2D eigenvalue weighted by molar-refractivity contribution is 0.160. The molecular formula is C14H30N2S. The second-order valence-electron chi connectivity index (χ2n) is 5.49. The van der Waals surface area contributed by atoms with Crippen LogP contribution in [0.4, 0.5) is 0 Å². The molecule has 1 aliphatic rings. The fourth-order valence-corrected chi connectivity index (χ4v) is 3.47. The fraction of sp³-hybridized carbons (Fsp3) is 1.00. The minimum absolute atomic E-state index is 0.647. The molecule has 0 aromatic carbocycles. The molecule has 0 radical (unpaired) electrons. The van der Waals surface area contributed by atoms with E-state index in [9.17, 15) is 0 Å². The zero-order chi connectivity index (χ0) is 12.7. The monoisotopic (exact) mass is 258 g/mol. The number of nitrogens with zero attached hydrogens (tertiary/aromatic N) is 1. The maximum absolute atomic E-state index is 3.76. The quantitative estimate of drug-likeness (QED) is 0.756. The molecule has 0 spiro atoms. The van der Waals surface area contributed by atoms with Gasteiger partial charge in [0.1, 0.15) is 0 Å². The third-order valence-corrected chi connectivity index (χ3v) is 4.68. The second kappa shape index (κ2) is 8.39. The van der Waals surface area contributed by atoms with Crippen LogP contribution in [0, 0.1) is 5.92 Å². The smallest absolute Gasteiger partial charge is 0.0132 e. The predicted octanol–water partition coefficient (Wildman–Crippen LogP) is 2.84. The zero-order valence-corrected chi connectivity index (χ0v) is 12.9. The first-order valence-corrected chi connectivity index (χ1v) is 8.54. The highest BCUT2D eigenvalue weighted by Gasteiger charge is 2.23. The third kappa shape index (κ3) is 5.62. The molecule has 1 saturated heterocycles. The maximum Gasteiger partial charge on any atom is 0.0132 e. The van der Waals surface area contributed by atoms with Crippen LogP contribution in [0.25, 0.3) is 0 Å². The van der Waals surface area contributed by atoms with Crippen molar-refractivity contribution in [2.75, 3.05) is 31.6 Å². The van der Waals surface area contributed by atoms with Crippen molar-refractivity contribution in [3.05, 3.63) is 0 Å². The topological polar surface area (TPSA) is 15.3 Å². The van der Waals surface area contributed by atoms with Crippen LogP contribution in [-0.4, -0.2) is 48.6 Å². The molecule has 2 unspecified atom stereocenters. The first-order valence-electron chi connectivity index (χ1n) is 7.14. The second-order valence-corrected chi connectivity index (χ2v) is 6.40. The first kappa shape index (κ1) is 15.3. The zero-order valence-electron chi connectivity index (χ0n) is 12.0. The number of piperidine rings is 1. The van der Waals surface area contributed by atoms with Crippen molar-refractivity contribution in [3.63, 3.8) is 0 Å². The molecule has 1 fully saturated rings. The SMILES string of the molecule is CCCN1CCC(C(C)NC(C)CSC)CC1. The largest absolute Gasteiger partial charge is 0.311 e. The van der Waals surface area contributed by atoms with Gasteiger partial charge in [0, 0.05) is 17.8 Å². The molecule has 102 valence electrons. The van der Waals surface area contributed by atoms with E-state index in [1.54, 1.807) is 0 Å². The summed E-state index contributed by atoms with van der Waals surface area (Å²) >= 11 is 1.93. The normalized spacial score (nSPS) is 22.6. The van der Waals surface area contributed by atoms with Gasteiger partial charge in [0.25, 0.3) is 0 Å². The number of hydrogen-bond donors (Lipinski definition) is 1. The summed E-state index contributed by atoms with van der Waals surface area (Å²) in [6.07, 6.45) is 6.23. The lowest BCUT2D eigenvalue weighted by atomic mass is 9.90. The van der Waals surface area contributed by atoms with Gasteiger partial charge in [-0.05, 0) is 64.9 Å². The summed E-state index contributed by atoms with van der Waals surface area (Å²) in [5.74, 6) is 2.10. The fourth-order valence-electron chi connectivity index (χ4n) is 2.88. The van der Waals surface area contributed by atoms with Crippen molar-refractivity contribution in [2.45, 2.75) is 52.1 Å². The average Bonchev–Trinajstić information content (AvgIpc) is 2.30. The molecule has 0 aliphatic carbocycles. The summed E-state index contributed by atoms with van der Waals surface area (Å²) in [7, 11) is 0. The summed E-state index contributed by atoms with van der Waals surface area (Å²) in [4.78, 5) is 2.62. The van der Waals surface area contributed by atoms with Crippen LogP contribution in [0.3, 0.4) is 0 Å². The van der Waals surface area contributed by atoms with Gasteiger partial charge in [0.15, 0.2) is 0 Å². The molecule has 0 aromatic rings. The molecule has 0 amide bonds. The van der Waals surface area contributed by atoms with Crippen LogP contribution in [0.5, 0.6) is 0 Å². The van der Waals surface area contributed by atoms with Gasteiger partial charge in [-0.1, -0.05) is 6.92 Å². The van der Waals surface area contributed by atoms with E-state index in [0.29, 0.717) is 12.1 Å². The maximum atomic E-state index is 3.76. The highest BCUT2D eigenvalue weighted by Crippen LogP contribution is 2.21. The van der Waals surface area contributed by atoms with Gasteiger partial charge in [0.2, 0.25) is 0 Å². The molecule has 2 nitrogen and oxygen atoms in total. The lowest BCUT2D eigenvalue weighted by Crippen LogP contribution is -2.45. The third-order valence-electron chi connectivity index (χ3n) is 3.84. The van der Waals surface area contributed by atoms with Crippen molar-refractivity contribution >= 4 is 11.8 Å². The van der Waals surface area contributed by atoms with E-state index >= 15 is 0 Å². The summed E-state index contributed by atoms with van der Waals surface area (Å²) in [6.45, 7) is 10.9. The molecule has 0 bridgehead atoms. The number of hydrogen-bond acceptors (Lipinski definition) is 3. The number of rotatable bonds is 7. The van der Waals surface area contributed by atoms with E-state index in [1.807, 2.05) is 11.8 Å². The van der Waals surface area contributed by atoms with Crippen LogP contribution in [0.15, 0.2) is 0 Å². The van der Waals surface area contributed by atoms with Crippen molar-refractivity contribution in [3.8, 4) is 0 Å². The molecule has 2 atom stereocenters. The van der Waals surface area contributed by atoms with Gasteiger partial charge in [-0.2, -0.15) is 11.8 Å².